The second-order valence-electron chi connectivity index (χ2n) is 8.41. The standard InChI is InChI=1S/C19H31BrN4O2/c1-19(2,3)26-18(25)23-10-6-15(7-11-23)17-21-16(20)14-24(17)13-12-22-8-4-5-9-22/h14-15H,4-13H2,1-3H3. The number of aromatic nitrogens is 2. The summed E-state index contributed by atoms with van der Waals surface area (Å²) in [7, 11) is 0. The molecule has 2 fully saturated rings. The third kappa shape index (κ3) is 5.22. The summed E-state index contributed by atoms with van der Waals surface area (Å²) in [6, 6.07) is 0. The van der Waals surface area contributed by atoms with E-state index in [1.165, 1.54) is 25.9 Å². The van der Waals surface area contributed by atoms with Gasteiger partial charge in [0.05, 0.1) is 0 Å². The Hall–Kier alpha value is -1.08. The van der Waals surface area contributed by atoms with Crippen molar-refractivity contribution < 1.29 is 9.53 Å². The van der Waals surface area contributed by atoms with Crippen LogP contribution in [0.15, 0.2) is 10.8 Å². The van der Waals surface area contributed by atoms with Crippen LogP contribution in [-0.4, -0.2) is 63.8 Å². The summed E-state index contributed by atoms with van der Waals surface area (Å²) in [5, 5.41) is 0. The molecule has 0 spiro atoms. The van der Waals surface area contributed by atoms with Crippen LogP contribution in [0.5, 0.6) is 0 Å². The van der Waals surface area contributed by atoms with Crippen molar-refractivity contribution in [2.24, 2.45) is 0 Å². The smallest absolute Gasteiger partial charge is 0.410 e. The van der Waals surface area contributed by atoms with E-state index in [1.807, 2.05) is 25.7 Å². The molecule has 0 aliphatic carbocycles. The maximum absolute atomic E-state index is 12.2. The molecular formula is C19H31BrN4O2. The van der Waals surface area contributed by atoms with Crippen molar-refractivity contribution in [3.8, 4) is 0 Å². The first-order valence-corrected chi connectivity index (χ1v) is 10.5. The molecule has 6 nitrogen and oxygen atoms in total. The number of amides is 1. The first-order chi connectivity index (χ1) is 12.3. The second-order valence-corrected chi connectivity index (χ2v) is 9.22. The van der Waals surface area contributed by atoms with E-state index in [9.17, 15) is 4.79 Å². The Labute approximate surface area is 165 Å². The average molecular weight is 427 g/mol. The number of likely N-dealkylation sites (tertiary alicyclic amines) is 2. The van der Waals surface area contributed by atoms with Crippen LogP contribution in [0.3, 0.4) is 0 Å². The van der Waals surface area contributed by atoms with Gasteiger partial charge in [0.15, 0.2) is 0 Å². The molecule has 0 radical (unpaired) electrons. The molecule has 0 N–H and O–H groups in total. The van der Waals surface area contributed by atoms with E-state index in [2.05, 4.69) is 31.6 Å². The highest BCUT2D eigenvalue weighted by molar-refractivity contribution is 9.10. The Balaban J connectivity index is 1.56. The number of nitrogens with zero attached hydrogens (tertiary/aromatic N) is 4. The van der Waals surface area contributed by atoms with E-state index in [4.69, 9.17) is 9.72 Å². The number of piperidine rings is 1. The molecule has 3 rings (SSSR count). The normalized spacial score (nSPS) is 19.9. The topological polar surface area (TPSA) is 50.6 Å². The molecule has 7 heteroatoms. The van der Waals surface area contributed by atoms with Crippen LogP contribution < -0.4 is 0 Å². The SMILES string of the molecule is CC(C)(C)OC(=O)N1CCC(c2nc(Br)cn2CCN2CCCC2)CC1. The highest BCUT2D eigenvalue weighted by Gasteiger charge is 2.29. The number of imidazole rings is 1. The molecule has 2 saturated heterocycles. The fourth-order valence-corrected chi connectivity index (χ4v) is 4.23. The molecule has 1 aromatic rings. The lowest BCUT2D eigenvalue weighted by atomic mass is 9.96. The summed E-state index contributed by atoms with van der Waals surface area (Å²) in [4.78, 5) is 21.3. The minimum Gasteiger partial charge on any atom is -0.444 e. The highest BCUT2D eigenvalue weighted by atomic mass is 79.9. The lowest BCUT2D eigenvalue weighted by Crippen LogP contribution is -2.41. The van der Waals surface area contributed by atoms with Gasteiger partial charge in [-0.25, -0.2) is 9.78 Å². The van der Waals surface area contributed by atoms with Crippen LogP contribution in [0, 0.1) is 0 Å². The highest BCUT2D eigenvalue weighted by Crippen LogP contribution is 2.29. The lowest BCUT2D eigenvalue weighted by molar-refractivity contribution is 0.0202. The van der Waals surface area contributed by atoms with Crippen molar-refractivity contribution >= 4 is 22.0 Å². The summed E-state index contributed by atoms with van der Waals surface area (Å²) in [6.07, 6.45) is 6.42. The van der Waals surface area contributed by atoms with Crippen LogP contribution in [0.25, 0.3) is 0 Å². The number of halogens is 1. The van der Waals surface area contributed by atoms with Gasteiger partial charge in [0.25, 0.3) is 0 Å². The second kappa shape index (κ2) is 8.30. The minimum atomic E-state index is -0.440. The molecule has 0 aromatic carbocycles. The van der Waals surface area contributed by atoms with Crippen LogP contribution in [0.1, 0.15) is 58.2 Å². The van der Waals surface area contributed by atoms with Crippen LogP contribution in [-0.2, 0) is 11.3 Å². The molecule has 0 atom stereocenters. The van der Waals surface area contributed by atoms with Crippen molar-refractivity contribution in [3.05, 3.63) is 16.6 Å². The number of carbonyl (C=O) groups excluding carboxylic acids is 1. The van der Waals surface area contributed by atoms with E-state index in [1.54, 1.807) is 0 Å². The third-order valence-corrected chi connectivity index (χ3v) is 5.53. The number of carbonyl (C=O) groups is 1. The summed E-state index contributed by atoms with van der Waals surface area (Å²) in [5.41, 5.74) is -0.440. The molecule has 1 aromatic heterocycles. The van der Waals surface area contributed by atoms with Crippen LogP contribution in [0.2, 0.25) is 0 Å². The average Bonchev–Trinajstić information content (AvgIpc) is 3.21. The Morgan fingerprint density at radius 2 is 1.85 bits per heavy atom. The van der Waals surface area contributed by atoms with Gasteiger partial charge in [-0.05, 0) is 75.5 Å². The van der Waals surface area contributed by atoms with Crippen molar-refractivity contribution in [3.63, 3.8) is 0 Å². The van der Waals surface area contributed by atoms with Crippen molar-refractivity contribution in [2.75, 3.05) is 32.7 Å². The first-order valence-electron chi connectivity index (χ1n) is 9.75. The Morgan fingerprint density at radius 1 is 1.19 bits per heavy atom. The fraction of sp³-hybridized carbons (Fsp3) is 0.789. The van der Waals surface area contributed by atoms with Crippen LogP contribution >= 0.6 is 15.9 Å². The first kappa shape index (κ1) is 19.7. The van der Waals surface area contributed by atoms with Gasteiger partial charge in [-0.2, -0.15) is 0 Å². The molecular weight excluding hydrogens is 396 g/mol. The van der Waals surface area contributed by atoms with Crippen molar-refractivity contribution in [1.29, 1.82) is 0 Å². The van der Waals surface area contributed by atoms with Gasteiger partial charge in [0.1, 0.15) is 16.0 Å². The van der Waals surface area contributed by atoms with Gasteiger partial charge in [-0.3, -0.25) is 0 Å². The molecule has 0 unspecified atom stereocenters. The maximum atomic E-state index is 12.2. The number of rotatable bonds is 4. The molecule has 26 heavy (non-hydrogen) atoms. The van der Waals surface area contributed by atoms with Gasteiger partial charge in [0.2, 0.25) is 0 Å². The number of hydrogen-bond acceptors (Lipinski definition) is 4. The molecule has 0 saturated carbocycles. The molecule has 2 aliphatic heterocycles. The monoisotopic (exact) mass is 426 g/mol. The van der Waals surface area contributed by atoms with Gasteiger partial charge in [-0.15, -0.1) is 0 Å². The van der Waals surface area contributed by atoms with Crippen molar-refractivity contribution in [2.45, 2.75) is 64.5 Å². The van der Waals surface area contributed by atoms with E-state index in [0.29, 0.717) is 5.92 Å². The van der Waals surface area contributed by atoms with E-state index < -0.39 is 5.60 Å². The molecule has 146 valence electrons. The van der Waals surface area contributed by atoms with Crippen LogP contribution in [0.4, 0.5) is 4.79 Å². The predicted molar refractivity (Wildman–Crippen MR) is 105 cm³/mol. The van der Waals surface area contributed by atoms with Crippen molar-refractivity contribution in [1.82, 2.24) is 19.4 Å². The van der Waals surface area contributed by atoms with Gasteiger partial charge in [-0.1, -0.05) is 0 Å². The summed E-state index contributed by atoms with van der Waals surface area (Å²) in [6.45, 7) is 11.7. The van der Waals surface area contributed by atoms with Gasteiger partial charge < -0.3 is 19.1 Å². The largest absolute Gasteiger partial charge is 0.444 e. The zero-order valence-electron chi connectivity index (χ0n) is 16.2. The van der Waals surface area contributed by atoms with E-state index >= 15 is 0 Å². The minimum absolute atomic E-state index is 0.200. The van der Waals surface area contributed by atoms with Gasteiger partial charge in [0, 0.05) is 38.3 Å². The number of hydrogen-bond donors (Lipinski definition) is 0. The summed E-state index contributed by atoms with van der Waals surface area (Å²) < 4.78 is 8.70. The maximum Gasteiger partial charge on any atom is 0.410 e. The quantitative estimate of drug-likeness (QED) is 0.733. The summed E-state index contributed by atoms with van der Waals surface area (Å²) in [5.74, 6) is 1.55. The molecule has 3 heterocycles. The predicted octanol–water partition coefficient (Wildman–Crippen LogP) is 3.86. The Kier molecular flexibility index (Phi) is 6.28. The summed E-state index contributed by atoms with van der Waals surface area (Å²) >= 11 is 3.54. The zero-order chi connectivity index (χ0) is 18.7. The van der Waals surface area contributed by atoms with E-state index in [-0.39, 0.29) is 6.09 Å². The Morgan fingerprint density at radius 3 is 2.46 bits per heavy atom. The lowest BCUT2D eigenvalue weighted by Gasteiger charge is -2.33. The molecule has 1 amide bonds. The van der Waals surface area contributed by atoms with Gasteiger partial charge >= 0.3 is 6.09 Å². The fourth-order valence-electron chi connectivity index (χ4n) is 3.80. The van der Waals surface area contributed by atoms with E-state index in [0.717, 1.165) is 49.4 Å². The Bertz CT molecular complexity index is 612. The zero-order valence-corrected chi connectivity index (χ0v) is 17.8. The number of ether oxygens (including phenoxy) is 1. The molecule has 2 aliphatic rings. The third-order valence-electron chi connectivity index (χ3n) is 5.15. The molecule has 0 bridgehead atoms.